The van der Waals surface area contributed by atoms with Gasteiger partial charge in [0.25, 0.3) is 11.8 Å². The molecule has 0 aromatic carbocycles. The van der Waals surface area contributed by atoms with Gasteiger partial charge < -0.3 is 19.9 Å². The minimum Gasteiger partial charge on any atom is -0.481 e. The third-order valence-corrected chi connectivity index (χ3v) is 8.29. The summed E-state index contributed by atoms with van der Waals surface area (Å²) >= 11 is 0. The first-order chi connectivity index (χ1) is 21.5. The molecule has 1 saturated carbocycles. The Morgan fingerprint density at radius 3 is 2.44 bits per heavy atom. The van der Waals surface area contributed by atoms with Gasteiger partial charge in [-0.1, -0.05) is 12.6 Å². The fourth-order valence-electron chi connectivity index (χ4n) is 5.60. The Morgan fingerprint density at radius 1 is 1.07 bits per heavy atom. The van der Waals surface area contributed by atoms with Crippen LogP contribution in [0.1, 0.15) is 75.0 Å². The van der Waals surface area contributed by atoms with Gasteiger partial charge in [0.2, 0.25) is 5.91 Å². The standard InChI is InChI=1S/C34H41N7O4/c1-7-30(42)41-13-12-40(19-23(41)4)20-29(28-11-10-25(16-35-28)24-8-9-24)45-27-15-21(2)31(36-18-27)33(43)38-32-22(3)14-26(17-37-32)34(44)39(5)6/h7,10-11,14-18,23-24,29H,1,8-9,12-13,19-20H2,2-6H3,(H,37,38,43)/t23-,29-/m1/s1. The van der Waals surface area contributed by atoms with Gasteiger partial charge in [-0.15, -0.1) is 0 Å². The fourth-order valence-corrected chi connectivity index (χ4v) is 5.60. The minimum atomic E-state index is -0.406. The first-order valence-corrected chi connectivity index (χ1v) is 15.3. The molecule has 0 radical (unpaired) electrons. The highest BCUT2D eigenvalue weighted by molar-refractivity contribution is 6.04. The number of nitrogens with zero attached hydrogens (tertiary/aromatic N) is 6. The molecule has 5 rings (SSSR count). The number of nitrogens with one attached hydrogen (secondary N) is 1. The number of amides is 3. The van der Waals surface area contributed by atoms with E-state index in [2.05, 4.69) is 32.8 Å². The summed E-state index contributed by atoms with van der Waals surface area (Å²) in [6, 6.07) is 7.71. The van der Waals surface area contributed by atoms with Crippen molar-refractivity contribution in [2.45, 2.75) is 51.7 Å². The van der Waals surface area contributed by atoms with Crippen LogP contribution in [-0.2, 0) is 4.79 Å². The molecule has 1 N–H and O–H groups in total. The molecule has 1 aliphatic carbocycles. The van der Waals surface area contributed by atoms with Gasteiger partial charge in [-0.2, -0.15) is 0 Å². The Morgan fingerprint density at radius 2 is 1.84 bits per heavy atom. The molecule has 0 unspecified atom stereocenters. The summed E-state index contributed by atoms with van der Waals surface area (Å²) < 4.78 is 6.51. The lowest BCUT2D eigenvalue weighted by atomic mass is 10.1. The van der Waals surface area contributed by atoms with Crippen LogP contribution < -0.4 is 10.1 Å². The van der Waals surface area contributed by atoms with Crippen molar-refractivity contribution in [3.05, 3.63) is 89.2 Å². The topological polar surface area (TPSA) is 121 Å². The maximum atomic E-state index is 13.2. The lowest BCUT2D eigenvalue weighted by Crippen LogP contribution is -2.54. The highest BCUT2D eigenvalue weighted by Gasteiger charge is 2.30. The van der Waals surface area contributed by atoms with Crippen LogP contribution >= 0.6 is 0 Å². The molecule has 236 valence electrons. The Bertz CT molecular complexity index is 1590. The molecule has 1 saturated heterocycles. The molecule has 3 aromatic heterocycles. The Labute approximate surface area is 264 Å². The SMILES string of the molecule is C=CC(=O)N1CCN(C[C@@H](Oc2cnc(C(=O)Nc3ncc(C(=O)N(C)C)cc3C)c(C)c2)c2ccc(C3CC3)cn2)C[C@H]1C. The van der Waals surface area contributed by atoms with E-state index in [-0.39, 0.29) is 29.7 Å². The number of anilines is 1. The van der Waals surface area contributed by atoms with E-state index in [1.807, 2.05) is 31.0 Å². The van der Waals surface area contributed by atoms with Crippen molar-refractivity contribution in [1.82, 2.24) is 29.7 Å². The molecule has 3 aromatic rings. The molecule has 11 heteroatoms. The summed E-state index contributed by atoms with van der Waals surface area (Å²) in [5.41, 5.74) is 4.06. The van der Waals surface area contributed by atoms with Crippen LogP contribution in [0.4, 0.5) is 5.82 Å². The van der Waals surface area contributed by atoms with E-state index in [1.165, 1.54) is 35.6 Å². The third-order valence-electron chi connectivity index (χ3n) is 8.29. The molecule has 1 aliphatic heterocycles. The highest BCUT2D eigenvalue weighted by atomic mass is 16.5. The van der Waals surface area contributed by atoms with E-state index in [9.17, 15) is 14.4 Å². The lowest BCUT2D eigenvalue weighted by Gasteiger charge is -2.40. The molecule has 3 amide bonds. The quantitative estimate of drug-likeness (QED) is 0.340. The molecular weight excluding hydrogens is 570 g/mol. The zero-order chi connectivity index (χ0) is 32.2. The maximum Gasteiger partial charge on any atom is 0.275 e. The lowest BCUT2D eigenvalue weighted by molar-refractivity contribution is -0.130. The number of pyridine rings is 3. The van der Waals surface area contributed by atoms with E-state index in [0.717, 1.165) is 5.69 Å². The van der Waals surface area contributed by atoms with Crippen molar-refractivity contribution in [3.8, 4) is 5.75 Å². The normalized spacial score (nSPS) is 17.4. The number of aryl methyl sites for hydroxylation is 2. The van der Waals surface area contributed by atoms with E-state index in [0.29, 0.717) is 60.4 Å². The van der Waals surface area contributed by atoms with Crippen LogP contribution in [0.5, 0.6) is 5.75 Å². The molecule has 2 atom stereocenters. The van der Waals surface area contributed by atoms with Gasteiger partial charge in [0.05, 0.1) is 17.5 Å². The third kappa shape index (κ3) is 7.54. The van der Waals surface area contributed by atoms with Crippen molar-refractivity contribution >= 4 is 23.5 Å². The van der Waals surface area contributed by atoms with Crippen LogP contribution in [0.2, 0.25) is 0 Å². The molecule has 2 fully saturated rings. The Balaban J connectivity index is 1.30. The summed E-state index contributed by atoms with van der Waals surface area (Å²) in [5.74, 6) is 0.864. The van der Waals surface area contributed by atoms with Crippen molar-refractivity contribution in [1.29, 1.82) is 0 Å². The number of carbonyl (C=O) groups excluding carboxylic acids is 3. The summed E-state index contributed by atoms with van der Waals surface area (Å²) in [7, 11) is 3.35. The summed E-state index contributed by atoms with van der Waals surface area (Å²) in [6.07, 6.45) is 8.33. The first kappa shape index (κ1) is 31.8. The molecule has 0 spiro atoms. The number of hydrogen-bond donors (Lipinski definition) is 1. The Hall–Kier alpha value is -4.64. The minimum absolute atomic E-state index is 0.0413. The smallest absolute Gasteiger partial charge is 0.275 e. The summed E-state index contributed by atoms with van der Waals surface area (Å²) in [4.78, 5) is 56.8. The molecule has 0 bridgehead atoms. The summed E-state index contributed by atoms with van der Waals surface area (Å²) in [5, 5.41) is 2.81. The number of hydrogen-bond acceptors (Lipinski definition) is 8. The predicted molar refractivity (Wildman–Crippen MR) is 171 cm³/mol. The van der Waals surface area contributed by atoms with E-state index >= 15 is 0 Å². The van der Waals surface area contributed by atoms with Gasteiger partial charge in [-0.05, 0) is 80.5 Å². The number of ether oxygens (including phenoxy) is 1. The van der Waals surface area contributed by atoms with Crippen molar-refractivity contribution < 1.29 is 19.1 Å². The molecule has 11 nitrogen and oxygen atoms in total. The average molecular weight is 612 g/mol. The van der Waals surface area contributed by atoms with Crippen molar-refractivity contribution in [3.63, 3.8) is 0 Å². The second-order valence-corrected chi connectivity index (χ2v) is 12.1. The first-order valence-electron chi connectivity index (χ1n) is 15.3. The van der Waals surface area contributed by atoms with Crippen molar-refractivity contribution in [2.75, 3.05) is 45.6 Å². The van der Waals surface area contributed by atoms with Crippen LogP contribution in [0.3, 0.4) is 0 Å². The van der Waals surface area contributed by atoms with Gasteiger partial charge in [0, 0.05) is 58.7 Å². The zero-order valence-electron chi connectivity index (χ0n) is 26.6. The van der Waals surface area contributed by atoms with Crippen LogP contribution in [0.25, 0.3) is 0 Å². The van der Waals surface area contributed by atoms with E-state index in [4.69, 9.17) is 9.72 Å². The van der Waals surface area contributed by atoms with Gasteiger partial charge in [0.15, 0.2) is 6.10 Å². The number of rotatable bonds is 10. The van der Waals surface area contributed by atoms with Crippen LogP contribution in [0.15, 0.2) is 55.5 Å². The highest BCUT2D eigenvalue weighted by Crippen LogP contribution is 2.40. The van der Waals surface area contributed by atoms with Gasteiger partial charge >= 0.3 is 0 Å². The fraction of sp³-hybridized carbons (Fsp3) is 0.412. The molecule has 4 heterocycles. The van der Waals surface area contributed by atoms with Gasteiger partial charge in [-0.3, -0.25) is 24.3 Å². The molecular formula is C34H41N7O4. The number of piperazine rings is 1. The number of carbonyl (C=O) groups is 3. The molecule has 2 aliphatic rings. The second kappa shape index (κ2) is 13.6. The monoisotopic (exact) mass is 611 g/mol. The second-order valence-electron chi connectivity index (χ2n) is 12.1. The van der Waals surface area contributed by atoms with Crippen molar-refractivity contribution in [2.24, 2.45) is 0 Å². The summed E-state index contributed by atoms with van der Waals surface area (Å²) in [6.45, 7) is 11.9. The van der Waals surface area contributed by atoms with Gasteiger partial charge in [0.1, 0.15) is 17.3 Å². The zero-order valence-corrected chi connectivity index (χ0v) is 26.6. The predicted octanol–water partition coefficient (Wildman–Crippen LogP) is 4.16. The maximum absolute atomic E-state index is 13.2. The largest absolute Gasteiger partial charge is 0.481 e. The van der Waals surface area contributed by atoms with Crippen LogP contribution in [0, 0.1) is 13.8 Å². The Kier molecular flexibility index (Phi) is 9.57. The number of aromatic nitrogens is 3. The molecule has 45 heavy (non-hydrogen) atoms. The van der Waals surface area contributed by atoms with E-state index < -0.39 is 5.91 Å². The van der Waals surface area contributed by atoms with E-state index in [1.54, 1.807) is 39.3 Å². The van der Waals surface area contributed by atoms with Gasteiger partial charge in [-0.25, -0.2) is 9.97 Å². The van der Waals surface area contributed by atoms with Crippen LogP contribution in [-0.4, -0.2) is 93.7 Å². The average Bonchev–Trinajstić information content (AvgIpc) is 3.87.